The molecule has 0 saturated carbocycles. The normalized spacial score (nSPS) is 11.1. The van der Waals surface area contributed by atoms with Gasteiger partial charge in [0.1, 0.15) is 17.6 Å². The Morgan fingerprint density at radius 3 is 2.64 bits per heavy atom. The monoisotopic (exact) mass is 448 g/mol. The van der Waals surface area contributed by atoms with Crippen molar-refractivity contribution in [2.24, 2.45) is 0 Å². The van der Waals surface area contributed by atoms with Gasteiger partial charge in [0.05, 0.1) is 31.6 Å². The number of benzene rings is 2. The zero-order valence-electron chi connectivity index (χ0n) is 18.4. The van der Waals surface area contributed by atoms with E-state index in [1.54, 1.807) is 49.5 Å². The number of aromatic nitrogens is 2. The van der Waals surface area contributed by atoms with Crippen molar-refractivity contribution in [2.45, 2.75) is 13.0 Å². The highest BCUT2D eigenvalue weighted by Gasteiger charge is 2.10. The standard InChI is InChI=1S/C23H24N6O4/c1-14(30)13-26-23(31)28-18-9-17(10-19(11-18)32-2)27-22-25-7-6-20(29-22)15-4-5-21(33-3)16(8-15)12-24/h4-11,14,30H,13H2,1-3H3,(H,25,27,29)(H2,26,28,31)/t14-/m0/s1. The van der Waals surface area contributed by atoms with Gasteiger partial charge in [-0.1, -0.05) is 0 Å². The average molecular weight is 448 g/mol. The highest BCUT2D eigenvalue weighted by Crippen LogP contribution is 2.28. The highest BCUT2D eigenvalue weighted by atomic mass is 16.5. The van der Waals surface area contributed by atoms with Crippen LogP contribution in [0.15, 0.2) is 48.7 Å². The summed E-state index contributed by atoms with van der Waals surface area (Å²) in [4.78, 5) is 20.8. The van der Waals surface area contributed by atoms with Crippen LogP contribution in [0.25, 0.3) is 11.3 Å². The van der Waals surface area contributed by atoms with E-state index in [-0.39, 0.29) is 6.54 Å². The molecular weight excluding hydrogens is 424 g/mol. The van der Waals surface area contributed by atoms with Crippen LogP contribution in [-0.4, -0.2) is 48.0 Å². The predicted octanol–water partition coefficient (Wildman–Crippen LogP) is 3.28. The van der Waals surface area contributed by atoms with Crippen molar-refractivity contribution >= 4 is 23.4 Å². The number of urea groups is 1. The molecule has 4 N–H and O–H groups in total. The van der Waals surface area contributed by atoms with Crippen LogP contribution in [0.4, 0.5) is 22.1 Å². The van der Waals surface area contributed by atoms with Crippen molar-refractivity contribution in [3.63, 3.8) is 0 Å². The van der Waals surface area contributed by atoms with Gasteiger partial charge in [0.25, 0.3) is 0 Å². The number of anilines is 3. The third kappa shape index (κ3) is 6.32. The highest BCUT2D eigenvalue weighted by molar-refractivity contribution is 5.90. The van der Waals surface area contributed by atoms with Crippen LogP contribution in [0.1, 0.15) is 12.5 Å². The van der Waals surface area contributed by atoms with Gasteiger partial charge >= 0.3 is 6.03 Å². The molecule has 1 heterocycles. The molecule has 3 aromatic rings. The van der Waals surface area contributed by atoms with Crippen molar-refractivity contribution in [3.05, 3.63) is 54.2 Å². The first-order chi connectivity index (χ1) is 15.9. The Morgan fingerprint density at radius 2 is 1.94 bits per heavy atom. The van der Waals surface area contributed by atoms with E-state index in [0.717, 1.165) is 5.56 Å². The molecule has 0 aliphatic heterocycles. The molecule has 33 heavy (non-hydrogen) atoms. The van der Waals surface area contributed by atoms with Crippen LogP contribution in [-0.2, 0) is 0 Å². The lowest BCUT2D eigenvalue weighted by Gasteiger charge is -2.13. The lowest BCUT2D eigenvalue weighted by molar-refractivity contribution is 0.190. The van der Waals surface area contributed by atoms with Gasteiger partial charge in [-0.25, -0.2) is 14.8 Å². The van der Waals surface area contributed by atoms with E-state index in [4.69, 9.17) is 9.47 Å². The van der Waals surface area contributed by atoms with Crippen LogP contribution in [0.2, 0.25) is 0 Å². The molecule has 3 rings (SSSR count). The average Bonchev–Trinajstić information content (AvgIpc) is 2.82. The smallest absolute Gasteiger partial charge is 0.319 e. The molecule has 0 radical (unpaired) electrons. The minimum atomic E-state index is -0.655. The van der Waals surface area contributed by atoms with Crippen LogP contribution >= 0.6 is 0 Å². The number of hydrogen-bond donors (Lipinski definition) is 4. The second-order valence-corrected chi connectivity index (χ2v) is 7.05. The van der Waals surface area contributed by atoms with Gasteiger partial charge in [0.15, 0.2) is 0 Å². The topological polar surface area (TPSA) is 141 Å². The van der Waals surface area contributed by atoms with E-state index < -0.39 is 12.1 Å². The van der Waals surface area contributed by atoms with E-state index >= 15 is 0 Å². The fourth-order valence-electron chi connectivity index (χ4n) is 2.94. The summed E-state index contributed by atoms with van der Waals surface area (Å²) < 4.78 is 10.5. The number of aliphatic hydroxyl groups is 1. The largest absolute Gasteiger partial charge is 0.497 e. The number of hydrogen-bond acceptors (Lipinski definition) is 8. The number of carbonyl (C=O) groups excluding carboxylic acids is 1. The minimum absolute atomic E-state index is 0.125. The van der Waals surface area contributed by atoms with E-state index in [1.807, 2.05) is 6.07 Å². The molecule has 1 aromatic heterocycles. The molecule has 0 fully saturated rings. The molecule has 0 unspecified atom stereocenters. The van der Waals surface area contributed by atoms with Gasteiger partial charge in [-0.3, -0.25) is 0 Å². The third-order valence-electron chi connectivity index (χ3n) is 4.49. The van der Waals surface area contributed by atoms with Crippen molar-refractivity contribution in [3.8, 4) is 28.8 Å². The first-order valence-corrected chi connectivity index (χ1v) is 10.0. The zero-order valence-corrected chi connectivity index (χ0v) is 18.4. The SMILES string of the molecule is COc1cc(NC(=O)NC[C@H](C)O)cc(Nc2nccc(-c3ccc(OC)c(C#N)c3)n2)c1. The van der Waals surface area contributed by atoms with Crippen molar-refractivity contribution in [2.75, 3.05) is 31.4 Å². The number of amides is 2. The number of nitriles is 1. The van der Waals surface area contributed by atoms with Gasteiger partial charge in [-0.05, 0) is 37.3 Å². The Hall–Kier alpha value is -4.36. The number of aliphatic hydroxyl groups excluding tert-OH is 1. The lowest BCUT2D eigenvalue weighted by Crippen LogP contribution is -2.34. The van der Waals surface area contributed by atoms with Gasteiger partial charge in [-0.15, -0.1) is 0 Å². The molecule has 2 aromatic carbocycles. The summed E-state index contributed by atoms with van der Waals surface area (Å²) in [6.45, 7) is 1.70. The Bertz CT molecular complexity index is 1180. The number of nitrogens with zero attached hydrogens (tertiary/aromatic N) is 3. The first-order valence-electron chi connectivity index (χ1n) is 10.0. The molecule has 1 atom stereocenters. The molecule has 2 amide bonds. The molecule has 10 heteroatoms. The maximum absolute atomic E-state index is 12.0. The van der Waals surface area contributed by atoms with Crippen molar-refractivity contribution < 1.29 is 19.4 Å². The lowest BCUT2D eigenvalue weighted by atomic mass is 10.1. The van der Waals surface area contributed by atoms with E-state index in [1.165, 1.54) is 14.2 Å². The minimum Gasteiger partial charge on any atom is -0.497 e. The maximum Gasteiger partial charge on any atom is 0.319 e. The molecule has 0 aliphatic rings. The fraction of sp³-hybridized carbons (Fsp3) is 0.217. The molecular formula is C23H24N6O4. The van der Waals surface area contributed by atoms with Gasteiger partial charge < -0.3 is 30.5 Å². The molecule has 0 saturated heterocycles. The predicted molar refractivity (Wildman–Crippen MR) is 124 cm³/mol. The van der Waals surface area contributed by atoms with Gasteiger partial charge in [0.2, 0.25) is 5.95 Å². The van der Waals surface area contributed by atoms with Gasteiger partial charge in [-0.2, -0.15) is 5.26 Å². The van der Waals surface area contributed by atoms with E-state index in [0.29, 0.717) is 40.1 Å². The van der Waals surface area contributed by atoms with Crippen LogP contribution in [0.3, 0.4) is 0 Å². The molecule has 0 spiro atoms. The molecule has 0 aliphatic carbocycles. The number of ether oxygens (including phenoxy) is 2. The Balaban J connectivity index is 1.82. The number of nitrogens with one attached hydrogen (secondary N) is 3. The second kappa shape index (κ2) is 10.8. The van der Waals surface area contributed by atoms with E-state index in [2.05, 4.69) is 32.0 Å². The summed E-state index contributed by atoms with van der Waals surface area (Å²) in [6, 6.07) is 13.7. The fourth-order valence-corrected chi connectivity index (χ4v) is 2.94. The number of carbonyl (C=O) groups is 1. The second-order valence-electron chi connectivity index (χ2n) is 7.05. The Labute approximate surface area is 191 Å². The number of methoxy groups -OCH3 is 2. The van der Waals surface area contributed by atoms with Crippen LogP contribution < -0.4 is 25.4 Å². The number of rotatable bonds is 8. The summed E-state index contributed by atoms with van der Waals surface area (Å²) in [5.74, 6) is 1.32. The molecule has 0 bridgehead atoms. The van der Waals surface area contributed by atoms with Gasteiger partial charge in [0, 0.05) is 41.8 Å². The maximum atomic E-state index is 12.0. The summed E-state index contributed by atoms with van der Waals surface area (Å²) in [7, 11) is 3.03. The zero-order chi connectivity index (χ0) is 23.8. The Kier molecular flexibility index (Phi) is 7.62. The van der Waals surface area contributed by atoms with Crippen molar-refractivity contribution in [1.82, 2.24) is 15.3 Å². The first kappa shape index (κ1) is 23.3. The summed E-state index contributed by atoms with van der Waals surface area (Å²) in [5, 5.41) is 27.0. The summed E-state index contributed by atoms with van der Waals surface area (Å²) in [6.07, 6.45) is 0.946. The van der Waals surface area contributed by atoms with E-state index in [9.17, 15) is 15.2 Å². The quantitative estimate of drug-likeness (QED) is 0.411. The summed E-state index contributed by atoms with van der Waals surface area (Å²) in [5.41, 5.74) is 2.82. The van der Waals surface area contributed by atoms with Crippen LogP contribution in [0.5, 0.6) is 11.5 Å². The molecule has 170 valence electrons. The van der Waals surface area contributed by atoms with Crippen LogP contribution in [0, 0.1) is 11.3 Å². The third-order valence-corrected chi connectivity index (χ3v) is 4.49. The summed E-state index contributed by atoms with van der Waals surface area (Å²) >= 11 is 0. The molecule has 10 nitrogen and oxygen atoms in total. The van der Waals surface area contributed by atoms with Crippen molar-refractivity contribution in [1.29, 1.82) is 5.26 Å². The Morgan fingerprint density at radius 1 is 1.15 bits per heavy atom.